The molecule has 0 atom stereocenters. The number of amides is 1. The van der Waals surface area contributed by atoms with Gasteiger partial charge in [0.1, 0.15) is 0 Å². The average Bonchev–Trinajstić information content (AvgIpc) is 2.76. The average molecular weight is 387 g/mol. The molecule has 26 heavy (non-hydrogen) atoms. The van der Waals surface area contributed by atoms with E-state index in [4.69, 9.17) is 16.6 Å². The van der Waals surface area contributed by atoms with Gasteiger partial charge in [0.05, 0.1) is 5.69 Å². The number of hydrogen-bond donors (Lipinski definition) is 1. The molecule has 0 saturated heterocycles. The van der Waals surface area contributed by atoms with E-state index in [9.17, 15) is 4.79 Å². The minimum atomic E-state index is -0.0449. The second kappa shape index (κ2) is 8.28. The normalized spacial score (nSPS) is 12.9. The molecule has 0 bridgehead atoms. The quantitative estimate of drug-likeness (QED) is 0.673. The number of benzene rings is 2. The molecule has 1 heterocycles. The lowest BCUT2D eigenvalue weighted by molar-refractivity contribution is 0.0952. The number of rotatable bonds is 5. The van der Waals surface area contributed by atoms with Crippen molar-refractivity contribution in [2.75, 3.05) is 6.54 Å². The molecule has 3 nitrogen and oxygen atoms in total. The fourth-order valence-corrected chi connectivity index (χ4v) is 4.00. The first-order chi connectivity index (χ1) is 12.5. The SMILES string of the molecule is CCC1=Nc2cc(C(=O)NCCC(C)C)ccc2Sc2ccc(Cl)cc21. The highest BCUT2D eigenvalue weighted by Gasteiger charge is 2.18. The summed E-state index contributed by atoms with van der Waals surface area (Å²) in [6.07, 6.45) is 1.78. The van der Waals surface area contributed by atoms with E-state index in [2.05, 4.69) is 26.1 Å². The van der Waals surface area contributed by atoms with Gasteiger partial charge in [0.2, 0.25) is 0 Å². The number of hydrogen-bond acceptors (Lipinski definition) is 3. The summed E-state index contributed by atoms with van der Waals surface area (Å²) in [5, 5.41) is 3.70. The van der Waals surface area contributed by atoms with Crippen molar-refractivity contribution in [3.63, 3.8) is 0 Å². The van der Waals surface area contributed by atoms with E-state index in [1.54, 1.807) is 11.8 Å². The van der Waals surface area contributed by atoms with Crippen LogP contribution in [0.4, 0.5) is 5.69 Å². The molecule has 1 aliphatic rings. The third kappa shape index (κ3) is 4.30. The maximum Gasteiger partial charge on any atom is 0.251 e. The van der Waals surface area contributed by atoms with Crippen molar-refractivity contribution in [3.05, 3.63) is 52.5 Å². The van der Waals surface area contributed by atoms with Gasteiger partial charge in [-0.2, -0.15) is 0 Å². The monoisotopic (exact) mass is 386 g/mol. The highest BCUT2D eigenvalue weighted by molar-refractivity contribution is 7.99. The van der Waals surface area contributed by atoms with E-state index in [0.717, 1.165) is 39.6 Å². The second-order valence-electron chi connectivity index (χ2n) is 6.78. The minimum absolute atomic E-state index is 0.0449. The summed E-state index contributed by atoms with van der Waals surface area (Å²) in [5.41, 5.74) is 3.56. The Morgan fingerprint density at radius 1 is 1.19 bits per heavy atom. The number of halogens is 1. The lowest BCUT2D eigenvalue weighted by Gasteiger charge is -2.09. The third-order valence-electron chi connectivity index (χ3n) is 4.29. The van der Waals surface area contributed by atoms with E-state index in [0.29, 0.717) is 23.0 Å². The van der Waals surface area contributed by atoms with Crippen molar-refractivity contribution < 1.29 is 4.79 Å². The fraction of sp³-hybridized carbons (Fsp3) is 0.333. The molecule has 136 valence electrons. The van der Waals surface area contributed by atoms with Crippen molar-refractivity contribution in [3.8, 4) is 0 Å². The van der Waals surface area contributed by atoms with Gasteiger partial charge in [0.25, 0.3) is 5.91 Å². The first-order valence-electron chi connectivity index (χ1n) is 8.95. The predicted octanol–water partition coefficient (Wildman–Crippen LogP) is 6.11. The highest BCUT2D eigenvalue weighted by atomic mass is 35.5. The van der Waals surface area contributed by atoms with Crippen LogP contribution in [-0.2, 0) is 0 Å². The standard InChI is InChI=1S/C21H23ClN2OS/c1-4-17-16-12-15(22)6-8-19(16)26-20-7-5-14(11-18(20)24-17)21(25)23-10-9-13(2)3/h5-8,11-13H,4,9-10H2,1-3H3,(H,23,25). The van der Waals surface area contributed by atoms with Crippen LogP contribution in [0.5, 0.6) is 0 Å². The van der Waals surface area contributed by atoms with Gasteiger partial charge in [0.15, 0.2) is 0 Å². The first kappa shape index (κ1) is 19.0. The van der Waals surface area contributed by atoms with Crippen LogP contribution in [0.3, 0.4) is 0 Å². The van der Waals surface area contributed by atoms with Crippen LogP contribution < -0.4 is 5.32 Å². The summed E-state index contributed by atoms with van der Waals surface area (Å²) in [6, 6.07) is 11.7. The van der Waals surface area contributed by atoms with Crippen LogP contribution >= 0.6 is 23.4 Å². The number of carbonyl (C=O) groups is 1. The first-order valence-corrected chi connectivity index (χ1v) is 10.1. The van der Waals surface area contributed by atoms with E-state index >= 15 is 0 Å². The van der Waals surface area contributed by atoms with Crippen molar-refractivity contribution in [2.24, 2.45) is 10.9 Å². The number of aliphatic imine (C=N–C) groups is 1. The second-order valence-corrected chi connectivity index (χ2v) is 8.30. The summed E-state index contributed by atoms with van der Waals surface area (Å²) in [5.74, 6) is 0.525. The molecule has 1 N–H and O–H groups in total. The Bertz CT molecular complexity index is 861. The Morgan fingerprint density at radius 3 is 2.69 bits per heavy atom. The lowest BCUT2D eigenvalue weighted by atomic mass is 10.1. The molecular formula is C21H23ClN2OS. The zero-order valence-electron chi connectivity index (χ0n) is 15.3. The summed E-state index contributed by atoms with van der Waals surface area (Å²) in [6.45, 7) is 7.07. The molecule has 0 aliphatic carbocycles. The molecule has 2 aromatic carbocycles. The minimum Gasteiger partial charge on any atom is -0.352 e. The Hall–Kier alpha value is -1.78. The molecule has 1 amide bonds. The molecule has 2 aromatic rings. The van der Waals surface area contributed by atoms with Gasteiger partial charge < -0.3 is 5.32 Å². The molecule has 0 fully saturated rings. The summed E-state index contributed by atoms with van der Waals surface area (Å²) in [4.78, 5) is 19.5. The number of carbonyl (C=O) groups excluding carboxylic acids is 1. The zero-order valence-corrected chi connectivity index (χ0v) is 16.9. The van der Waals surface area contributed by atoms with Crippen molar-refractivity contribution in [2.45, 2.75) is 43.4 Å². The van der Waals surface area contributed by atoms with E-state index in [1.165, 1.54) is 0 Å². The van der Waals surface area contributed by atoms with Crippen molar-refractivity contribution in [1.29, 1.82) is 0 Å². The van der Waals surface area contributed by atoms with E-state index < -0.39 is 0 Å². The predicted molar refractivity (Wildman–Crippen MR) is 110 cm³/mol. The zero-order chi connectivity index (χ0) is 18.7. The van der Waals surface area contributed by atoms with Crippen LogP contribution in [0.25, 0.3) is 0 Å². The van der Waals surface area contributed by atoms with Gasteiger partial charge in [-0.15, -0.1) is 0 Å². The van der Waals surface area contributed by atoms with Crippen LogP contribution in [0, 0.1) is 5.92 Å². The molecule has 0 saturated carbocycles. The largest absolute Gasteiger partial charge is 0.352 e. The third-order valence-corrected chi connectivity index (χ3v) is 5.67. The molecule has 0 aromatic heterocycles. The van der Waals surface area contributed by atoms with Crippen LogP contribution in [0.1, 0.15) is 49.5 Å². The Labute approximate surface area is 164 Å². The van der Waals surface area contributed by atoms with Crippen LogP contribution in [-0.4, -0.2) is 18.2 Å². The van der Waals surface area contributed by atoms with Crippen molar-refractivity contribution in [1.82, 2.24) is 5.32 Å². The number of nitrogens with zero attached hydrogens (tertiary/aromatic N) is 1. The van der Waals surface area contributed by atoms with Crippen LogP contribution in [0.15, 0.2) is 51.2 Å². The molecule has 0 unspecified atom stereocenters. The van der Waals surface area contributed by atoms with Gasteiger partial charge in [0, 0.05) is 38.2 Å². The Kier molecular flexibility index (Phi) is 6.05. The topological polar surface area (TPSA) is 41.5 Å². The van der Waals surface area contributed by atoms with Gasteiger partial charge in [-0.05, 0) is 55.2 Å². The molecule has 0 radical (unpaired) electrons. The summed E-state index contributed by atoms with van der Waals surface area (Å²) >= 11 is 7.85. The Morgan fingerprint density at radius 2 is 1.96 bits per heavy atom. The lowest BCUT2D eigenvalue weighted by Crippen LogP contribution is -2.25. The highest BCUT2D eigenvalue weighted by Crippen LogP contribution is 2.41. The van der Waals surface area contributed by atoms with Crippen molar-refractivity contribution >= 4 is 40.7 Å². The molecule has 0 spiro atoms. The maximum atomic E-state index is 12.4. The summed E-state index contributed by atoms with van der Waals surface area (Å²) in [7, 11) is 0. The molecule has 5 heteroatoms. The fourth-order valence-electron chi connectivity index (χ4n) is 2.82. The smallest absolute Gasteiger partial charge is 0.251 e. The Balaban J connectivity index is 1.91. The maximum absolute atomic E-state index is 12.4. The van der Waals surface area contributed by atoms with E-state index in [1.807, 2.05) is 36.4 Å². The number of fused-ring (bicyclic) bond motifs is 2. The van der Waals surface area contributed by atoms with Crippen LogP contribution in [0.2, 0.25) is 5.02 Å². The van der Waals surface area contributed by atoms with Gasteiger partial charge in [-0.1, -0.05) is 44.1 Å². The van der Waals surface area contributed by atoms with E-state index in [-0.39, 0.29) is 5.91 Å². The molecule has 1 aliphatic heterocycles. The number of nitrogens with one attached hydrogen (secondary N) is 1. The van der Waals surface area contributed by atoms with Gasteiger partial charge in [-0.25, -0.2) is 0 Å². The molecular weight excluding hydrogens is 364 g/mol. The summed E-state index contributed by atoms with van der Waals surface area (Å²) < 4.78 is 0. The van der Waals surface area contributed by atoms with Gasteiger partial charge in [-0.3, -0.25) is 9.79 Å². The van der Waals surface area contributed by atoms with Gasteiger partial charge >= 0.3 is 0 Å². The molecule has 3 rings (SSSR count).